The molecule has 0 aliphatic heterocycles. The molecule has 0 rings (SSSR count). The van der Waals surface area contributed by atoms with E-state index in [4.69, 9.17) is 16.4 Å². The fraction of sp³-hybridized carbons (Fsp3) is 0.400. The summed E-state index contributed by atoms with van der Waals surface area (Å²) in [6.07, 6.45) is 0.606. The molecule has 7 heteroatoms. The second kappa shape index (κ2) is 5.00. The van der Waals surface area contributed by atoms with Crippen molar-refractivity contribution in [2.24, 2.45) is 5.73 Å². The maximum atomic E-state index is 10.4. The highest BCUT2D eigenvalue weighted by Crippen LogP contribution is 1.81. The molecular formula is C5H8N3O4+. The molecule has 0 radical (unpaired) electrons. The van der Waals surface area contributed by atoms with Crippen LogP contribution in [0.4, 0.5) is 0 Å². The van der Waals surface area contributed by atoms with Crippen molar-refractivity contribution in [2.75, 3.05) is 6.61 Å². The summed E-state index contributed by atoms with van der Waals surface area (Å²) in [6, 6.07) is -1.24. The SMILES string of the molecule is N=[N+]=CC(=O)OCC(N)C(=O)O. The maximum absolute atomic E-state index is 10.4. The van der Waals surface area contributed by atoms with Crippen molar-refractivity contribution in [3.05, 3.63) is 0 Å². The molecule has 0 bridgehead atoms. The Kier molecular flexibility index (Phi) is 4.28. The van der Waals surface area contributed by atoms with Gasteiger partial charge >= 0.3 is 18.2 Å². The number of carboxylic acid groups (broad SMARTS) is 1. The molecule has 1 unspecified atom stereocenters. The third-order valence-corrected chi connectivity index (χ3v) is 0.892. The van der Waals surface area contributed by atoms with Crippen molar-refractivity contribution in [1.82, 2.24) is 0 Å². The number of aliphatic carboxylic acids is 1. The summed E-state index contributed by atoms with van der Waals surface area (Å²) in [5, 5.41) is 8.24. The van der Waals surface area contributed by atoms with Gasteiger partial charge in [-0.1, -0.05) is 0 Å². The van der Waals surface area contributed by atoms with Crippen LogP contribution in [-0.4, -0.2) is 40.7 Å². The van der Waals surface area contributed by atoms with Crippen LogP contribution in [0, 0.1) is 5.53 Å². The minimum atomic E-state index is -1.26. The van der Waals surface area contributed by atoms with Crippen molar-refractivity contribution >= 4 is 18.2 Å². The van der Waals surface area contributed by atoms with Crippen LogP contribution in [0.25, 0.3) is 0 Å². The van der Waals surface area contributed by atoms with Gasteiger partial charge in [0.05, 0.1) is 10.3 Å². The Morgan fingerprint density at radius 2 is 2.33 bits per heavy atom. The molecule has 0 heterocycles. The lowest BCUT2D eigenvalue weighted by Gasteiger charge is -2.03. The third-order valence-electron chi connectivity index (χ3n) is 0.892. The van der Waals surface area contributed by atoms with E-state index in [1.54, 1.807) is 0 Å². The molecule has 7 nitrogen and oxygen atoms in total. The number of esters is 1. The summed E-state index contributed by atoms with van der Waals surface area (Å²) in [6.45, 7) is -0.430. The first-order valence-corrected chi connectivity index (χ1v) is 2.93. The summed E-state index contributed by atoms with van der Waals surface area (Å²) in [5.74, 6) is -2.15. The lowest BCUT2D eigenvalue weighted by atomic mass is 10.3. The van der Waals surface area contributed by atoms with Gasteiger partial charge in [-0.25, -0.2) is 4.79 Å². The summed E-state index contributed by atoms with van der Waals surface area (Å²) in [4.78, 5) is 23.1. The number of nitrogens with one attached hydrogen (secondary N) is 1. The standard InChI is InChI=1S/C5H7N3O4/c6-3(5(10)11)2-12-4(9)1-8-7/h1,3,7H,2,6H2/p+1. The van der Waals surface area contributed by atoms with Gasteiger partial charge in [-0.15, -0.1) is 0 Å². The van der Waals surface area contributed by atoms with Crippen molar-refractivity contribution in [3.8, 4) is 0 Å². The number of hydrogen-bond acceptors (Lipinski definition) is 5. The van der Waals surface area contributed by atoms with Crippen molar-refractivity contribution in [2.45, 2.75) is 6.04 Å². The summed E-state index contributed by atoms with van der Waals surface area (Å²) in [5.41, 5.74) is 11.2. The van der Waals surface area contributed by atoms with Crippen LogP contribution in [0.3, 0.4) is 0 Å². The zero-order chi connectivity index (χ0) is 9.56. The summed E-state index contributed by atoms with van der Waals surface area (Å²) in [7, 11) is 0. The van der Waals surface area contributed by atoms with Crippen LogP contribution >= 0.6 is 0 Å². The lowest BCUT2D eigenvalue weighted by molar-refractivity contribution is -0.151. The average Bonchev–Trinajstić information content (AvgIpc) is 2.00. The molecule has 0 spiro atoms. The first-order valence-electron chi connectivity index (χ1n) is 2.93. The Bertz CT molecular complexity index is 233. The first-order chi connectivity index (χ1) is 5.57. The van der Waals surface area contributed by atoms with Gasteiger partial charge in [0.15, 0.2) is 0 Å². The minimum absolute atomic E-state index is 0.430. The van der Waals surface area contributed by atoms with E-state index >= 15 is 0 Å². The highest BCUT2D eigenvalue weighted by Gasteiger charge is 2.14. The van der Waals surface area contributed by atoms with Crippen LogP contribution in [0.2, 0.25) is 0 Å². The molecule has 0 aromatic rings. The quantitative estimate of drug-likeness (QED) is 0.201. The predicted molar refractivity (Wildman–Crippen MR) is 35.6 cm³/mol. The van der Waals surface area contributed by atoms with E-state index in [0.29, 0.717) is 6.21 Å². The van der Waals surface area contributed by atoms with Gasteiger partial charge in [0.1, 0.15) is 12.6 Å². The second-order valence-electron chi connectivity index (χ2n) is 1.83. The predicted octanol–water partition coefficient (Wildman–Crippen LogP) is -1.75. The van der Waals surface area contributed by atoms with E-state index in [9.17, 15) is 9.59 Å². The molecule has 4 N–H and O–H groups in total. The van der Waals surface area contributed by atoms with Crippen LogP contribution in [-0.2, 0) is 14.3 Å². The summed E-state index contributed by atoms with van der Waals surface area (Å²) >= 11 is 0. The van der Waals surface area contributed by atoms with Gasteiger partial charge in [-0.2, -0.15) is 0 Å². The van der Waals surface area contributed by atoms with Gasteiger partial charge in [-0.3, -0.25) is 4.79 Å². The Hall–Kier alpha value is -1.72. The number of ether oxygens (including phenoxy) is 1. The van der Waals surface area contributed by atoms with Crippen LogP contribution in [0.15, 0.2) is 0 Å². The van der Waals surface area contributed by atoms with E-state index in [0.717, 1.165) is 0 Å². The topological polar surface area (TPSA) is 128 Å². The van der Waals surface area contributed by atoms with E-state index in [1.807, 2.05) is 0 Å². The minimum Gasteiger partial charge on any atom is -0.480 e. The smallest absolute Gasteiger partial charge is 0.418 e. The average molecular weight is 174 g/mol. The van der Waals surface area contributed by atoms with Gasteiger partial charge in [0.25, 0.3) is 0 Å². The Morgan fingerprint density at radius 3 is 2.75 bits per heavy atom. The fourth-order valence-electron chi connectivity index (χ4n) is 0.333. The van der Waals surface area contributed by atoms with Gasteiger partial charge < -0.3 is 15.6 Å². The molecule has 12 heavy (non-hydrogen) atoms. The second-order valence-corrected chi connectivity index (χ2v) is 1.83. The first kappa shape index (κ1) is 10.3. The number of nitrogens with two attached hydrogens (primary N) is 1. The number of rotatable bonds is 4. The third kappa shape index (κ3) is 4.15. The fourth-order valence-corrected chi connectivity index (χ4v) is 0.333. The van der Waals surface area contributed by atoms with Gasteiger partial charge in [0.2, 0.25) is 0 Å². The van der Waals surface area contributed by atoms with Crippen LogP contribution in [0.1, 0.15) is 0 Å². The van der Waals surface area contributed by atoms with Crippen LogP contribution in [0.5, 0.6) is 0 Å². The van der Waals surface area contributed by atoms with E-state index in [2.05, 4.69) is 9.53 Å². The maximum Gasteiger partial charge on any atom is 0.418 e. The van der Waals surface area contributed by atoms with Gasteiger partial charge in [0, 0.05) is 0 Å². The zero-order valence-corrected chi connectivity index (χ0v) is 6.06. The molecule has 0 aromatic carbocycles. The number of hydrogen-bond donors (Lipinski definition) is 3. The molecule has 0 aliphatic rings. The molecule has 0 amide bonds. The van der Waals surface area contributed by atoms with Crippen molar-refractivity contribution < 1.29 is 24.2 Å². The highest BCUT2D eigenvalue weighted by atomic mass is 16.5. The molecule has 0 aliphatic carbocycles. The molecule has 66 valence electrons. The molecular weight excluding hydrogens is 166 g/mol. The largest absolute Gasteiger partial charge is 0.480 e. The molecule has 0 saturated carbocycles. The Morgan fingerprint density at radius 1 is 1.75 bits per heavy atom. The van der Waals surface area contributed by atoms with Crippen molar-refractivity contribution in [3.63, 3.8) is 0 Å². The molecule has 0 fully saturated rings. The van der Waals surface area contributed by atoms with E-state index in [-0.39, 0.29) is 0 Å². The normalized spacial score (nSPS) is 11.1. The monoisotopic (exact) mass is 174 g/mol. The van der Waals surface area contributed by atoms with E-state index < -0.39 is 24.6 Å². The Labute approximate surface area is 67.4 Å². The molecule has 1 atom stereocenters. The highest BCUT2D eigenvalue weighted by molar-refractivity contribution is 6.20. The van der Waals surface area contributed by atoms with Gasteiger partial charge in [-0.05, 0) is 0 Å². The summed E-state index contributed by atoms with van der Waals surface area (Å²) < 4.78 is 4.29. The number of carboxylic acids is 1. The number of nitrogens with zero attached hydrogens (tertiary/aromatic N) is 1. The molecule has 0 aromatic heterocycles. The number of carbonyl (C=O) groups excluding carboxylic acids is 1. The zero-order valence-electron chi connectivity index (χ0n) is 6.06. The Balaban J connectivity index is 3.75. The van der Waals surface area contributed by atoms with Crippen LogP contribution < -0.4 is 5.73 Å². The van der Waals surface area contributed by atoms with Crippen molar-refractivity contribution in [1.29, 1.82) is 5.53 Å². The molecule has 0 saturated heterocycles. The number of carbonyl (C=O) groups is 2. The van der Waals surface area contributed by atoms with E-state index in [1.165, 1.54) is 0 Å². The lowest BCUT2D eigenvalue weighted by Crippen LogP contribution is -2.35.